The summed E-state index contributed by atoms with van der Waals surface area (Å²) in [5, 5.41) is -1.55. The fourth-order valence-electron chi connectivity index (χ4n) is 1.47. The molecule has 0 amide bonds. The quantitative estimate of drug-likeness (QED) is 0.399. The second-order valence-electron chi connectivity index (χ2n) is 4.23. The number of hydrogen-bond acceptors (Lipinski definition) is 4. The van der Waals surface area contributed by atoms with E-state index in [0.29, 0.717) is 0 Å². The molecule has 2 unspecified atom stereocenters. The van der Waals surface area contributed by atoms with Crippen molar-refractivity contribution in [2.24, 2.45) is 5.92 Å². The molecule has 8 heteroatoms. The van der Waals surface area contributed by atoms with Crippen molar-refractivity contribution < 1.29 is 25.9 Å². The summed E-state index contributed by atoms with van der Waals surface area (Å²) in [5.74, 6) is -1.70. The van der Waals surface area contributed by atoms with Crippen LogP contribution in [0.2, 0.25) is 0 Å². The van der Waals surface area contributed by atoms with Gasteiger partial charge in [0.15, 0.2) is 0 Å². The summed E-state index contributed by atoms with van der Waals surface area (Å²) in [6, 6.07) is 0. The van der Waals surface area contributed by atoms with E-state index in [2.05, 4.69) is 0 Å². The van der Waals surface area contributed by atoms with Crippen molar-refractivity contribution >= 4 is 20.2 Å². The molecule has 0 aliphatic rings. The Kier molecular flexibility index (Phi) is 7.05. The molecular weight excluding hydrogens is 280 g/mol. The van der Waals surface area contributed by atoms with Crippen LogP contribution in [0.25, 0.3) is 0 Å². The zero-order chi connectivity index (χ0) is 14.4. The van der Waals surface area contributed by atoms with Crippen molar-refractivity contribution in [2.75, 3.05) is 5.75 Å². The van der Waals surface area contributed by atoms with Gasteiger partial charge in [0, 0.05) is 0 Å². The lowest BCUT2D eigenvalue weighted by atomic mass is 10.1. The lowest BCUT2D eigenvalue weighted by molar-refractivity contribution is 0.444. The van der Waals surface area contributed by atoms with Gasteiger partial charge < -0.3 is 0 Å². The molecule has 0 aliphatic heterocycles. The number of hydrogen-bond donors (Lipinski definition) is 2. The highest BCUT2D eigenvalue weighted by Crippen LogP contribution is 2.16. The lowest BCUT2D eigenvalue weighted by Crippen LogP contribution is -2.34. The minimum atomic E-state index is -4.53. The molecular formula is C10H20O6S2. The second-order valence-corrected chi connectivity index (χ2v) is 7.36. The Hall–Kier alpha value is -0.440. The predicted octanol–water partition coefficient (Wildman–Crippen LogP) is 1.51. The predicted molar refractivity (Wildman–Crippen MR) is 69.6 cm³/mol. The van der Waals surface area contributed by atoms with Crippen LogP contribution in [0.4, 0.5) is 0 Å². The molecule has 2 atom stereocenters. The Morgan fingerprint density at radius 1 is 1.17 bits per heavy atom. The van der Waals surface area contributed by atoms with Crippen molar-refractivity contribution in [1.82, 2.24) is 0 Å². The van der Waals surface area contributed by atoms with Crippen LogP contribution < -0.4 is 0 Å². The molecule has 0 saturated carbocycles. The van der Waals surface area contributed by atoms with Gasteiger partial charge in [0.25, 0.3) is 20.2 Å². The van der Waals surface area contributed by atoms with Crippen molar-refractivity contribution in [1.29, 1.82) is 0 Å². The molecule has 6 nitrogen and oxygen atoms in total. The van der Waals surface area contributed by atoms with E-state index in [0.717, 1.165) is 19.3 Å². The number of rotatable bonds is 8. The summed E-state index contributed by atoms with van der Waals surface area (Å²) in [5.41, 5.74) is 0. The van der Waals surface area contributed by atoms with Crippen molar-refractivity contribution in [3.8, 4) is 0 Å². The normalized spacial score (nSPS) is 16.9. The van der Waals surface area contributed by atoms with Crippen LogP contribution in [0.1, 0.15) is 33.1 Å². The van der Waals surface area contributed by atoms with Gasteiger partial charge in [-0.3, -0.25) is 9.11 Å². The molecule has 0 heterocycles. The van der Waals surface area contributed by atoms with Crippen LogP contribution in [0, 0.1) is 5.92 Å². The van der Waals surface area contributed by atoms with Crippen LogP contribution >= 0.6 is 0 Å². The molecule has 0 aromatic carbocycles. The number of allylic oxidation sites excluding steroid dienone is 2. The standard InChI is InChI=1S/C10H20O6S2/c1-3-4-5-6-7-9(2)10(18(14,15)16)8-17(11,12)13/h6-7,9-10H,3-5,8H2,1-2H3,(H,11,12,13)(H,14,15,16). The molecule has 0 saturated heterocycles. The van der Waals surface area contributed by atoms with E-state index in [1.807, 2.05) is 6.92 Å². The Morgan fingerprint density at radius 2 is 1.72 bits per heavy atom. The van der Waals surface area contributed by atoms with Crippen LogP contribution in [0.5, 0.6) is 0 Å². The third kappa shape index (κ3) is 7.80. The Morgan fingerprint density at radius 3 is 2.11 bits per heavy atom. The van der Waals surface area contributed by atoms with Gasteiger partial charge in [-0.2, -0.15) is 16.8 Å². The van der Waals surface area contributed by atoms with Gasteiger partial charge in [0.2, 0.25) is 0 Å². The van der Waals surface area contributed by atoms with Crippen LogP contribution in [-0.2, 0) is 20.2 Å². The summed E-state index contributed by atoms with van der Waals surface area (Å²) in [7, 11) is -8.99. The first-order chi connectivity index (χ1) is 8.08. The van der Waals surface area contributed by atoms with Gasteiger partial charge in [-0.15, -0.1) is 0 Å². The molecule has 0 aromatic rings. The van der Waals surface area contributed by atoms with E-state index in [4.69, 9.17) is 9.11 Å². The third-order valence-corrected chi connectivity index (χ3v) is 4.86. The average Bonchev–Trinajstić information content (AvgIpc) is 2.18. The van der Waals surface area contributed by atoms with E-state index in [1.54, 1.807) is 12.2 Å². The first-order valence-electron chi connectivity index (χ1n) is 5.66. The summed E-state index contributed by atoms with van der Waals surface area (Å²) in [4.78, 5) is 0. The highest BCUT2D eigenvalue weighted by Gasteiger charge is 2.32. The maximum Gasteiger partial charge on any atom is 0.269 e. The summed E-state index contributed by atoms with van der Waals surface area (Å²) >= 11 is 0. The van der Waals surface area contributed by atoms with Crippen LogP contribution in [0.3, 0.4) is 0 Å². The van der Waals surface area contributed by atoms with Crippen LogP contribution in [-0.4, -0.2) is 36.9 Å². The molecule has 0 rings (SSSR count). The topological polar surface area (TPSA) is 109 Å². The van der Waals surface area contributed by atoms with E-state index < -0.39 is 37.2 Å². The molecule has 0 fully saturated rings. The maximum atomic E-state index is 11.1. The van der Waals surface area contributed by atoms with E-state index in [-0.39, 0.29) is 0 Å². The molecule has 0 aliphatic carbocycles. The van der Waals surface area contributed by atoms with Gasteiger partial charge >= 0.3 is 0 Å². The van der Waals surface area contributed by atoms with Gasteiger partial charge in [-0.25, -0.2) is 0 Å². The van der Waals surface area contributed by atoms with E-state index >= 15 is 0 Å². The molecule has 2 N–H and O–H groups in total. The van der Waals surface area contributed by atoms with Crippen molar-refractivity contribution in [2.45, 2.75) is 38.4 Å². The molecule has 18 heavy (non-hydrogen) atoms. The van der Waals surface area contributed by atoms with E-state index in [1.165, 1.54) is 6.92 Å². The fourth-order valence-corrected chi connectivity index (χ4v) is 4.03. The first-order valence-corrected chi connectivity index (χ1v) is 8.77. The summed E-state index contributed by atoms with van der Waals surface area (Å²) in [6.07, 6.45) is 5.98. The smallest absolute Gasteiger partial charge is 0.269 e. The van der Waals surface area contributed by atoms with Gasteiger partial charge in [0.05, 0.1) is 5.75 Å². The average molecular weight is 300 g/mol. The maximum absolute atomic E-state index is 11.1. The monoisotopic (exact) mass is 300 g/mol. The molecule has 0 bridgehead atoms. The van der Waals surface area contributed by atoms with Gasteiger partial charge in [0.1, 0.15) is 5.25 Å². The van der Waals surface area contributed by atoms with Crippen molar-refractivity contribution in [3.63, 3.8) is 0 Å². The van der Waals surface area contributed by atoms with Crippen molar-refractivity contribution in [3.05, 3.63) is 12.2 Å². The Labute approximate surface area is 109 Å². The highest BCUT2D eigenvalue weighted by atomic mass is 32.2. The van der Waals surface area contributed by atoms with Gasteiger partial charge in [-0.1, -0.05) is 38.8 Å². The minimum absolute atomic E-state index is 0.696. The Balaban J connectivity index is 4.83. The SMILES string of the molecule is CCCCC=CC(C)C(CS(=O)(=O)O)S(=O)(=O)O. The molecule has 108 valence electrons. The molecule has 0 spiro atoms. The van der Waals surface area contributed by atoms with Crippen LogP contribution in [0.15, 0.2) is 12.2 Å². The summed E-state index contributed by atoms with van der Waals surface area (Å²) < 4.78 is 61.3. The molecule has 0 radical (unpaired) electrons. The van der Waals surface area contributed by atoms with E-state index in [9.17, 15) is 16.8 Å². The lowest BCUT2D eigenvalue weighted by Gasteiger charge is -2.16. The highest BCUT2D eigenvalue weighted by molar-refractivity contribution is 7.90. The first kappa shape index (κ1) is 17.6. The van der Waals surface area contributed by atoms with Gasteiger partial charge in [-0.05, 0) is 12.3 Å². The molecule has 0 aromatic heterocycles. The summed E-state index contributed by atoms with van der Waals surface area (Å²) in [6.45, 7) is 3.49. The largest absolute Gasteiger partial charge is 0.286 e. The number of unbranched alkanes of at least 4 members (excludes halogenated alkanes) is 2. The second kappa shape index (κ2) is 7.22. The zero-order valence-electron chi connectivity index (χ0n) is 10.5. The fraction of sp³-hybridized carbons (Fsp3) is 0.800. The third-order valence-electron chi connectivity index (χ3n) is 2.51. The Bertz CT molecular complexity index is 463. The zero-order valence-corrected chi connectivity index (χ0v) is 12.1. The minimum Gasteiger partial charge on any atom is -0.286 e.